The summed E-state index contributed by atoms with van der Waals surface area (Å²) < 4.78 is 0. The van der Waals surface area contributed by atoms with E-state index in [2.05, 4.69) is 52.8 Å². The van der Waals surface area contributed by atoms with Gasteiger partial charge in [0, 0.05) is 11.8 Å². The number of nitrogens with zero attached hydrogens (tertiary/aromatic N) is 2. The second-order valence-electron chi connectivity index (χ2n) is 8.00. The van der Waals surface area contributed by atoms with E-state index < -0.39 is 5.41 Å². The van der Waals surface area contributed by atoms with E-state index in [0.717, 1.165) is 12.0 Å². The lowest BCUT2D eigenvalue weighted by Gasteiger charge is -2.46. The zero-order valence-electron chi connectivity index (χ0n) is 14.8. The predicted molar refractivity (Wildman–Crippen MR) is 93.3 cm³/mol. The maximum absolute atomic E-state index is 10.0. The van der Waals surface area contributed by atoms with Crippen LogP contribution in [0.2, 0.25) is 0 Å². The van der Waals surface area contributed by atoms with Gasteiger partial charge in [-0.15, -0.1) is 0 Å². The van der Waals surface area contributed by atoms with Crippen molar-refractivity contribution in [3.8, 4) is 12.1 Å². The van der Waals surface area contributed by atoms with Crippen molar-refractivity contribution in [2.24, 2.45) is 22.7 Å². The van der Waals surface area contributed by atoms with Crippen molar-refractivity contribution in [1.82, 2.24) is 0 Å². The lowest BCUT2D eigenvalue weighted by Crippen LogP contribution is -2.44. The molecule has 0 aromatic heterocycles. The first-order chi connectivity index (χ1) is 10.8. The van der Waals surface area contributed by atoms with E-state index in [-0.39, 0.29) is 17.3 Å². The molecule has 0 fully saturated rings. The summed E-state index contributed by atoms with van der Waals surface area (Å²) in [6.45, 7) is 10.8. The predicted octanol–water partition coefficient (Wildman–Crippen LogP) is 5.45. The van der Waals surface area contributed by atoms with E-state index in [1.54, 1.807) is 0 Å². The van der Waals surface area contributed by atoms with Gasteiger partial charge in [0.25, 0.3) is 0 Å². The molecular weight excluding hydrogens is 280 g/mol. The van der Waals surface area contributed by atoms with Crippen molar-refractivity contribution in [3.63, 3.8) is 0 Å². The van der Waals surface area contributed by atoms with Crippen LogP contribution in [0, 0.1) is 45.3 Å². The van der Waals surface area contributed by atoms with Gasteiger partial charge in [-0.2, -0.15) is 10.5 Å². The number of rotatable bonds is 2. The van der Waals surface area contributed by atoms with Gasteiger partial charge in [0.2, 0.25) is 0 Å². The van der Waals surface area contributed by atoms with Crippen LogP contribution in [0.5, 0.6) is 0 Å². The van der Waals surface area contributed by atoms with Gasteiger partial charge in [-0.25, -0.2) is 0 Å². The Bertz CT molecular complexity index is 649. The van der Waals surface area contributed by atoms with E-state index in [0.29, 0.717) is 5.92 Å². The molecule has 0 N–H and O–H groups in total. The Morgan fingerprint density at radius 1 is 1.09 bits per heavy atom. The fourth-order valence-electron chi connectivity index (χ4n) is 3.78. The van der Waals surface area contributed by atoms with Crippen LogP contribution in [0.4, 0.5) is 0 Å². The smallest absolute Gasteiger partial charge is 0.157 e. The van der Waals surface area contributed by atoms with Crippen molar-refractivity contribution < 1.29 is 0 Å². The lowest BCUT2D eigenvalue weighted by atomic mass is 9.53. The molecule has 2 atom stereocenters. The van der Waals surface area contributed by atoms with Crippen molar-refractivity contribution in [3.05, 3.63) is 47.5 Å². The first-order valence-electron chi connectivity index (χ1n) is 8.34. The first kappa shape index (κ1) is 17.3. The average Bonchev–Trinajstić information content (AvgIpc) is 2.53. The van der Waals surface area contributed by atoms with E-state index in [1.807, 2.05) is 30.3 Å². The van der Waals surface area contributed by atoms with Gasteiger partial charge in [-0.05, 0) is 23.3 Å². The minimum atomic E-state index is -1.02. The Kier molecular flexibility index (Phi) is 4.67. The molecule has 0 bridgehead atoms. The minimum absolute atomic E-state index is 0.0117. The number of hydrogen-bond donors (Lipinski definition) is 0. The molecule has 1 aromatic carbocycles. The third kappa shape index (κ3) is 3.04. The van der Waals surface area contributed by atoms with Gasteiger partial charge in [-0.1, -0.05) is 76.6 Å². The van der Waals surface area contributed by atoms with Gasteiger partial charge in [0.05, 0.1) is 12.1 Å². The minimum Gasteiger partial charge on any atom is -0.197 e. The van der Waals surface area contributed by atoms with E-state index in [1.165, 1.54) is 5.57 Å². The summed E-state index contributed by atoms with van der Waals surface area (Å²) in [5.74, 6) is 0.271. The van der Waals surface area contributed by atoms with Crippen LogP contribution < -0.4 is 0 Å². The summed E-state index contributed by atoms with van der Waals surface area (Å²) in [6.07, 6.45) is 3.01. The largest absolute Gasteiger partial charge is 0.197 e. The topological polar surface area (TPSA) is 47.6 Å². The molecule has 0 radical (unpaired) electrons. The summed E-state index contributed by atoms with van der Waals surface area (Å²) in [5.41, 5.74) is 1.30. The summed E-state index contributed by atoms with van der Waals surface area (Å²) in [4.78, 5) is 0. The Morgan fingerprint density at radius 2 is 1.65 bits per heavy atom. The molecule has 2 rings (SSSR count). The van der Waals surface area contributed by atoms with Crippen LogP contribution in [0.3, 0.4) is 0 Å². The molecule has 0 spiro atoms. The maximum Gasteiger partial charge on any atom is 0.157 e. The highest BCUT2D eigenvalue weighted by Crippen LogP contribution is 2.55. The quantitative estimate of drug-likeness (QED) is 0.682. The van der Waals surface area contributed by atoms with E-state index in [4.69, 9.17) is 0 Å². The van der Waals surface area contributed by atoms with Crippen molar-refractivity contribution >= 4 is 0 Å². The molecule has 0 amide bonds. The molecule has 2 heteroatoms. The molecule has 2 nitrogen and oxygen atoms in total. The molecule has 0 heterocycles. The molecule has 23 heavy (non-hydrogen) atoms. The fraction of sp³-hybridized carbons (Fsp3) is 0.524. The van der Waals surface area contributed by atoms with Gasteiger partial charge in [0.15, 0.2) is 5.41 Å². The number of allylic oxidation sites excluding steroid dienone is 2. The molecule has 1 aromatic rings. The van der Waals surface area contributed by atoms with Crippen LogP contribution in [0.1, 0.15) is 52.5 Å². The number of nitriles is 2. The SMILES string of the molecule is CC(C)C1=C[C@H](c2ccccc2)C(C#N)(C#N)[C@H](C(C)(C)C)C1. The standard InChI is InChI=1S/C21H26N2/c1-15(2)17-11-18(16-9-7-6-8-10-16)21(13-22,14-23)19(12-17)20(3,4)5/h6-11,15,18-19H,12H2,1-5H3/t18-,19+/m1/s1. The maximum atomic E-state index is 10.0. The molecule has 1 aliphatic rings. The van der Waals surface area contributed by atoms with E-state index >= 15 is 0 Å². The highest BCUT2D eigenvalue weighted by atomic mass is 14.6. The first-order valence-corrected chi connectivity index (χ1v) is 8.34. The zero-order chi connectivity index (χ0) is 17.3. The van der Waals surface area contributed by atoms with Crippen LogP contribution in [0.25, 0.3) is 0 Å². The third-order valence-corrected chi connectivity index (χ3v) is 5.18. The zero-order valence-corrected chi connectivity index (χ0v) is 14.8. The van der Waals surface area contributed by atoms with Crippen LogP contribution >= 0.6 is 0 Å². The second-order valence-corrected chi connectivity index (χ2v) is 8.00. The molecule has 0 unspecified atom stereocenters. The summed E-state index contributed by atoms with van der Waals surface area (Å²) in [7, 11) is 0. The molecule has 1 aliphatic carbocycles. The Balaban J connectivity index is 2.70. The molecule has 0 aliphatic heterocycles. The average molecular weight is 306 g/mol. The molecule has 0 saturated carbocycles. The lowest BCUT2D eigenvalue weighted by molar-refractivity contribution is 0.119. The van der Waals surface area contributed by atoms with Crippen molar-refractivity contribution in [1.29, 1.82) is 10.5 Å². The summed E-state index contributed by atoms with van der Waals surface area (Å²) >= 11 is 0. The van der Waals surface area contributed by atoms with Crippen LogP contribution in [0.15, 0.2) is 42.0 Å². The van der Waals surface area contributed by atoms with Gasteiger partial charge < -0.3 is 0 Å². The van der Waals surface area contributed by atoms with E-state index in [9.17, 15) is 10.5 Å². The monoisotopic (exact) mass is 306 g/mol. The van der Waals surface area contributed by atoms with Gasteiger partial charge >= 0.3 is 0 Å². The Morgan fingerprint density at radius 3 is 2.09 bits per heavy atom. The number of hydrogen-bond acceptors (Lipinski definition) is 2. The van der Waals surface area contributed by atoms with Crippen molar-refractivity contribution in [2.45, 2.75) is 47.0 Å². The summed E-state index contributed by atoms with van der Waals surface area (Å²) in [6, 6.07) is 14.9. The van der Waals surface area contributed by atoms with Gasteiger partial charge in [0.1, 0.15) is 0 Å². The molecular formula is C21H26N2. The van der Waals surface area contributed by atoms with Crippen LogP contribution in [-0.4, -0.2) is 0 Å². The van der Waals surface area contributed by atoms with Gasteiger partial charge in [-0.3, -0.25) is 0 Å². The normalized spacial score (nSPS) is 23.7. The third-order valence-electron chi connectivity index (χ3n) is 5.18. The highest BCUT2D eigenvalue weighted by molar-refractivity contribution is 5.41. The summed E-state index contributed by atoms with van der Waals surface area (Å²) in [5, 5.41) is 20.1. The Hall–Kier alpha value is -2.06. The highest BCUT2D eigenvalue weighted by Gasteiger charge is 2.53. The Labute approximate surface area is 140 Å². The molecule has 0 saturated heterocycles. The van der Waals surface area contributed by atoms with Crippen LogP contribution in [-0.2, 0) is 0 Å². The van der Waals surface area contributed by atoms with Crippen molar-refractivity contribution in [2.75, 3.05) is 0 Å². The molecule has 120 valence electrons. The fourth-order valence-corrected chi connectivity index (χ4v) is 3.78. The number of benzene rings is 1. The second kappa shape index (κ2) is 6.21.